The van der Waals surface area contributed by atoms with Crippen molar-refractivity contribution < 1.29 is 17.7 Å². The van der Waals surface area contributed by atoms with Gasteiger partial charge in [0, 0.05) is 6.61 Å². The molecule has 0 aliphatic heterocycles. The molecule has 0 unspecified atom stereocenters. The molecule has 0 atom stereocenters. The SMILES string of the molecule is O=S(=O)(O)CCCOCc1ccsc1. The van der Waals surface area contributed by atoms with Gasteiger partial charge in [0.25, 0.3) is 10.1 Å². The Morgan fingerprint density at radius 3 is 2.86 bits per heavy atom. The smallest absolute Gasteiger partial charge is 0.264 e. The average molecular weight is 236 g/mol. The summed E-state index contributed by atoms with van der Waals surface area (Å²) in [6, 6.07) is 1.95. The lowest BCUT2D eigenvalue weighted by atomic mass is 10.4. The predicted molar refractivity (Wildman–Crippen MR) is 55.0 cm³/mol. The van der Waals surface area contributed by atoms with Crippen molar-refractivity contribution in [2.75, 3.05) is 12.4 Å². The maximum absolute atomic E-state index is 10.3. The molecule has 0 spiro atoms. The highest BCUT2D eigenvalue weighted by Gasteiger charge is 2.03. The van der Waals surface area contributed by atoms with Crippen molar-refractivity contribution in [1.82, 2.24) is 0 Å². The number of rotatable bonds is 6. The van der Waals surface area contributed by atoms with Crippen molar-refractivity contribution in [1.29, 1.82) is 0 Å². The molecule has 1 rings (SSSR count). The molecule has 0 amide bonds. The lowest BCUT2D eigenvalue weighted by molar-refractivity contribution is 0.122. The molecule has 14 heavy (non-hydrogen) atoms. The molecule has 0 saturated carbocycles. The minimum absolute atomic E-state index is 0.239. The van der Waals surface area contributed by atoms with Crippen molar-refractivity contribution >= 4 is 21.5 Å². The van der Waals surface area contributed by atoms with Gasteiger partial charge in [-0.15, -0.1) is 0 Å². The topological polar surface area (TPSA) is 63.6 Å². The van der Waals surface area contributed by atoms with E-state index in [2.05, 4.69) is 0 Å². The second-order valence-corrected chi connectivity index (χ2v) is 5.18. The van der Waals surface area contributed by atoms with Gasteiger partial charge in [-0.1, -0.05) is 0 Å². The Morgan fingerprint density at radius 1 is 1.50 bits per heavy atom. The fourth-order valence-electron chi connectivity index (χ4n) is 0.908. The highest BCUT2D eigenvalue weighted by atomic mass is 32.2. The van der Waals surface area contributed by atoms with Crippen molar-refractivity contribution in [2.24, 2.45) is 0 Å². The van der Waals surface area contributed by atoms with Crippen LogP contribution in [0.2, 0.25) is 0 Å². The van der Waals surface area contributed by atoms with Gasteiger partial charge < -0.3 is 4.74 Å². The van der Waals surface area contributed by atoms with Gasteiger partial charge in [-0.2, -0.15) is 19.8 Å². The first-order chi connectivity index (χ1) is 6.58. The third-order valence-electron chi connectivity index (χ3n) is 1.54. The Bertz CT molecular complexity index is 341. The van der Waals surface area contributed by atoms with Crippen LogP contribution < -0.4 is 0 Å². The van der Waals surface area contributed by atoms with E-state index in [1.54, 1.807) is 11.3 Å². The zero-order valence-corrected chi connectivity index (χ0v) is 9.18. The van der Waals surface area contributed by atoms with Gasteiger partial charge >= 0.3 is 0 Å². The summed E-state index contributed by atoms with van der Waals surface area (Å²) in [6.45, 7) is 0.838. The van der Waals surface area contributed by atoms with Crippen LogP contribution in [-0.4, -0.2) is 25.3 Å². The normalized spacial score (nSPS) is 11.8. The number of thiophene rings is 1. The lowest BCUT2D eigenvalue weighted by Gasteiger charge is -2.01. The van der Waals surface area contributed by atoms with Crippen LogP contribution in [0.25, 0.3) is 0 Å². The molecule has 6 heteroatoms. The van der Waals surface area contributed by atoms with E-state index < -0.39 is 10.1 Å². The van der Waals surface area contributed by atoms with E-state index in [1.165, 1.54) is 0 Å². The molecule has 1 N–H and O–H groups in total. The van der Waals surface area contributed by atoms with Gasteiger partial charge in [0.2, 0.25) is 0 Å². The molecule has 0 bridgehead atoms. The first-order valence-corrected chi connectivity index (χ1v) is 6.67. The van der Waals surface area contributed by atoms with Crippen LogP contribution in [0.3, 0.4) is 0 Å². The molecule has 0 aliphatic carbocycles. The molecule has 0 aromatic carbocycles. The molecule has 1 aromatic heterocycles. The number of ether oxygens (including phenoxy) is 1. The molecule has 1 aromatic rings. The highest BCUT2D eigenvalue weighted by molar-refractivity contribution is 7.85. The van der Waals surface area contributed by atoms with E-state index in [9.17, 15) is 8.42 Å². The predicted octanol–water partition coefficient (Wildman–Crippen LogP) is 1.54. The summed E-state index contributed by atoms with van der Waals surface area (Å²) in [6.07, 6.45) is 0.322. The highest BCUT2D eigenvalue weighted by Crippen LogP contribution is 2.07. The summed E-state index contributed by atoms with van der Waals surface area (Å²) in [5.74, 6) is -0.239. The van der Waals surface area contributed by atoms with E-state index in [4.69, 9.17) is 9.29 Å². The quantitative estimate of drug-likeness (QED) is 0.601. The van der Waals surface area contributed by atoms with Crippen molar-refractivity contribution in [3.05, 3.63) is 22.4 Å². The molecular weight excluding hydrogens is 224 g/mol. The number of hydrogen-bond acceptors (Lipinski definition) is 4. The van der Waals surface area contributed by atoms with Gasteiger partial charge in [0.15, 0.2) is 0 Å². The molecule has 0 saturated heterocycles. The lowest BCUT2D eigenvalue weighted by Crippen LogP contribution is -2.07. The first kappa shape index (κ1) is 11.6. The second kappa shape index (κ2) is 5.45. The molecule has 4 nitrogen and oxygen atoms in total. The molecule has 0 aliphatic rings. The fourth-order valence-corrected chi connectivity index (χ4v) is 2.04. The van der Waals surface area contributed by atoms with Crippen LogP contribution in [0.4, 0.5) is 0 Å². The zero-order chi connectivity index (χ0) is 10.4. The molecule has 0 radical (unpaired) electrons. The van der Waals surface area contributed by atoms with E-state index in [0.717, 1.165) is 5.56 Å². The molecule has 0 fully saturated rings. The van der Waals surface area contributed by atoms with E-state index in [0.29, 0.717) is 19.6 Å². The van der Waals surface area contributed by atoms with Crippen molar-refractivity contribution in [2.45, 2.75) is 13.0 Å². The first-order valence-electron chi connectivity index (χ1n) is 4.12. The van der Waals surface area contributed by atoms with E-state index in [1.807, 2.05) is 16.8 Å². The Morgan fingerprint density at radius 2 is 2.29 bits per heavy atom. The van der Waals surface area contributed by atoms with Gasteiger partial charge in [0.05, 0.1) is 12.4 Å². The summed E-state index contributed by atoms with van der Waals surface area (Å²) in [7, 11) is -3.84. The minimum atomic E-state index is -3.84. The standard InChI is InChI=1S/C8H12O4S2/c9-14(10,11)5-1-3-12-6-8-2-4-13-7-8/h2,4,7H,1,3,5-6H2,(H,9,10,11). The Balaban J connectivity index is 2.06. The summed E-state index contributed by atoms with van der Waals surface area (Å²) in [5.41, 5.74) is 1.09. The van der Waals surface area contributed by atoms with Crippen molar-refractivity contribution in [3.63, 3.8) is 0 Å². The average Bonchev–Trinajstić information content (AvgIpc) is 2.54. The van der Waals surface area contributed by atoms with E-state index in [-0.39, 0.29) is 5.75 Å². The van der Waals surface area contributed by atoms with Crippen molar-refractivity contribution in [3.8, 4) is 0 Å². The molecule has 1 heterocycles. The van der Waals surface area contributed by atoms with Gasteiger partial charge in [-0.25, -0.2) is 0 Å². The van der Waals surface area contributed by atoms with E-state index >= 15 is 0 Å². The largest absolute Gasteiger partial charge is 0.377 e. The molecule has 80 valence electrons. The second-order valence-electron chi connectivity index (χ2n) is 2.82. The minimum Gasteiger partial charge on any atom is -0.377 e. The summed E-state index contributed by atoms with van der Waals surface area (Å²) >= 11 is 1.59. The monoisotopic (exact) mass is 236 g/mol. The summed E-state index contributed by atoms with van der Waals surface area (Å²) in [5, 5.41) is 3.93. The van der Waals surface area contributed by atoms with Crippen LogP contribution in [0.15, 0.2) is 16.8 Å². The Labute approximate surface area is 87.3 Å². The fraction of sp³-hybridized carbons (Fsp3) is 0.500. The van der Waals surface area contributed by atoms with Crippen LogP contribution in [0.1, 0.15) is 12.0 Å². The number of hydrogen-bond donors (Lipinski definition) is 1. The third kappa shape index (κ3) is 5.33. The van der Waals surface area contributed by atoms with Gasteiger partial charge in [-0.3, -0.25) is 4.55 Å². The van der Waals surface area contributed by atoms with Gasteiger partial charge in [0.1, 0.15) is 0 Å². The van der Waals surface area contributed by atoms with Crippen LogP contribution in [0.5, 0.6) is 0 Å². The zero-order valence-electron chi connectivity index (χ0n) is 7.55. The summed E-state index contributed by atoms with van der Waals surface area (Å²) < 4.78 is 34.3. The van der Waals surface area contributed by atoms with Crippen LogP contribution in [-0.2, 0) is 21.5 Å². The summed E-state index contributed by atoms with van der Waals surface area (Å²) in [4.78, 5) is 0. The Kier molecular flexibility index (Phi) is 4.53. The Hall–Kier alpha value is -0.430. The van der Waals surface area contributed by atoms with Gasteiger partial charge in [-0.05, 0) is 28.8 Å². The molecular formula is C8H12O4S2. The van der Waals surface area contributed by atoms with Crippen LogP contribution >= 0.6 is 11.3 Å². The maximum atomic E-state index is 10.3. The third-order valence-corrected chi connectivity index (χ3v) is 3.08. The maximum Gasteiger partial charge on any atom is 0.264 e. The van der Waals surface area contributed by atoms with Crippen LogP contribution in [0, 0.1) is 0 Å².